The highest BCUT2D eigenvalue weighted by Gasteiger charge is 2.36. The molecule has 0 radical (unpaired) electrons. The molecule has 0 fully saturated rings. The minimum Gasteiger partial charge on any atom is -0.508 e. The van der Waals surface area contributed by atoms with Crippen molar-refractivity contribution in [1.29, 1.82) is 0 Å². The van der Waals surface area contributed by atoms with Crippen molar-refractivity contribution < 1.29 is 133 Å². The van der Waals surface area contributed by atoms with Gasteiger partial charge in [-0.3, -0.25) is 58.2 Å². The van der Waals surface area contributed by atoms with Crippen molar-refractivity contribution in [2.75, 3.05) is 51.0 Å². The molecule has 37 heteroatoms. The zero-order valence-electron chi connectivity index (χ0n) is 54.9. The van der Waals surface area contributed by atoms with Crippen LogP contribution < -0.4 is 43.2 Å². The van der Waals surface area contributed by atoms with E-state index in [0.29, 0.717) is 32.2 Å². The Bertz CT molecular complexity index is 2620. The van der Waals surface area contributed by atoms with E-state index in [1.54, 1.807) is 31.2 Å². The number of carbonyl (C=O) groups excluding carboxylic acids is 10. The van der Waals surface area contributed by atoms with Crippen LogP contribution in [-0.4, -0.2) is 256 Å². The van der Waals surface area contributed by atoms with Gasteiger partial charge in [-0.05, 0) is 81.5 Å². The number of ketones is 2. The van der Waals surface area contributed by atoms with Crippen LogP contribution in [-0.2, 0) is 68.6 Å². The average Bonchev–Trinajstić information content (AvgIpc) is 0.882. The number of carboxylic acids is 2. The summed E-state index contributed by atoms with van der Waals surface area (Å²) in [5.41, 5.74) is 11.0. The molecule has 98 heavy (non-hydrogen) atoms. The van der Waals surface area contributed by atoms with E-state index in [9.17, 15) is 114 Å². The first kappa shape index (κ1) is 89.1. The molecule has 1 rings (SSSR count). The number of aromatic hydroxyl groups is 1. The Labute approximate surface area is 574 Å². The molecule has 0 aliphatic rings. The third-order valence-electron chi connectivity index (χ3n) is 15.3. The second-order valence-corrected chi connectivity index (χ2v) is 26.2. The van der Waals surface area contributed by atoms with Crippen molar-refractivity contribution in [3.05, 3.63) is 29.8 Å². The molecule has 0 aliphatic carbocycles. The number of carboxylic acid groups (broad SMARTS) is 2. The van der Waals surface area contributed by atoms with E-state index in [1.165, 1.54) is 0 Å². The highest BCUT2D eigenvalue weighted by atomic mass is 33.1. The van der Waals surface area contributed by atoms with E-state index >= 15 is 0 Å². The zero-order valence-corrected chi connectivity index (χ0v) is 56.5. The average molecular weight is 1440 g/mol. The summed E-state index contributed by atoms with van der Waals surface area (Å²) in [6.45, 7) is 0.261. The first-order chi connectivity index (χ1) is 46.4. The molecule has 35 nitrogen and oxygen atoms in total. The van der Waals surface area contributed by atoms with Crippen molar-refractivity contribution in [2.24, 2.45) is 29.4 Å². The normalized spacial score (nSPS) is 15.9. The number of benzene rings is 1. The van der Waals surface area contributed by atoms with Gasteiger partial charge >= 0.3 is 18.0 Å². The lowest BCUT2D eigenvalue weighted by molar-refractivity contribution is -0.141. The Morgan fingerprint density at radius 2 is 1.07 bits per heavy atom. The summed E-state index contributed by atoms with van der Waals surface area (Å²) in [6, 6.07) is 3.04. The van der Waals surface area contributed by atoms with Gasteiger partial charge < -0.3 is 108 Å². The number of nitrogens with one attached hydrogen (secondary N) is 7. The molecular weight excluding hydrogens is 1340 g/mol. The number of phenols is 1. The largest absolute Gasteiger partial charge is 0.508 e. The molecule has 15 atom stereocenters. The third-order valence-corrected chi connectivity index (χ3v) is 17.6. The monoisotopic (exact) mass is 1440 g/mol. The molecule has 0 spiro atoms. The lowest BCUT2D eigenvalue weighted by Crippen LogP contribution is -2.53. The smallest absolute Gasteiger partial charge is 0.426 e. The van der Waals surface area contributed by atoms with Crippen molar-refractivity contribution >= 4 is 93.1 Å². The minimum absolute atomic E-state index is 0.0114. The Kier molecular flexibility index (Phi) is 45.9. The maximum Gasteiger partial charge on any atom is 0.426 e. The standard InChI is InChI=1S/C61H100N8O27S2/c1-34(25-36-9-13-39(73)14-10-36)24-35(2)57(90)68-69-61(94)95-22-23-97-98-32-50(96-33-72)67-60(93)42(16-18-49(81)64-29-45(77)54(87)56(89)47(79)31-71)66-59(92)38(12-20-52(84)85)27-43(75)41(15-17-48(80)63-28-44(76)53(86)55(88)46(78)30-70)65-58(91)37(11-19-51(82)83)26-40(74)8-6-4-3-5-7-21-62/h9-10,13-14,33-35,37-38,41-42,44-47,50,53-56,70-71,73,76-79,86-89H,3-8,11-12,15-32,62H2,1-2H3,(H,63,80)(H,64,81)(H,65,91)(H,66,92)(H,67,93)(H,68,90)(H,69,94)(H,82,83)(H,84,85)/t34-,35+,37+,38+,41-,42-,44+,45+,46-,47-,50-,53-,54-,55-,56-/m1/s1. The number of phenolic OH excluding ortho intramolecular Hbond substituents is 1. The van der Waals surface area contributed by atoms with Crippen molar-refractivity contribution in [2.45, 2.75) is 197 Å². The van der Waals surface area contributed by atoms with Crippen LogP contribution in [0.5, 0.6) is 5.75 Å². The Hall–Kier alpha value is -6.88. The van der Waals surface area contributed by atoms with Crippen LogP contribution in [0.1, 0.15) is 129 Å². The number of hydrogen-bond acceptors (Lipinski definition) is 28. The molecule has 558 valence electrons. The predicted octanol–water partition coefficient (Wildman–Crippen LogP) is -3.84. The van der Waals surface area contributed by atoms with Gasteiger partial charge in [0.25, 0.3) is 6.47 Å². The van der Waals surface area contributed by atoms with E-state index in [0.717, 1.165) is 46.4 Å². The van der Waals surface area contributed by atoms with Crippen LogP contribution in [0.3, 0.4) is 0 Å². The summed E-state index contributed by atoms with van der Waals surface area (Å²) < 4.78 is 10.2. The maximum absolute atomic E-state index is 14.5. The molecule has 0 aromatic heterocycles. The summed E-state index contributed by atoms with van der Waals surface area (Å²) in [5.74, 6) is -13.7. The van der Waals surface area contributed by atoms with E-state index < -0.39 is 240 Å². The fourth-order valence-electron chi connectivity index (χ4n) is 9.58. The highest BCUT2D eigenvalue weighted by molar-refractivity contribution is 8.76. The molecule has 22 N–H and O–H groups in total. The van der Waals surface area contributed by atoms with Crippen LogP contribution in [0.4, 0.5) is 4.79 Å². The fraction of sp³-hybridized carbons (Fsp3) is 0.705. The van der Waals surface area contributed by atoms with Crippen molar-refractivity contribution in [1.82, 2.24) is 37.4 Å². The first-order valence-electron chi connectivity index (χ1n) is 32.0. The van der Waals surface area contributed by atoms with Gasteiger partial charge in [0.1, 0.15) is 60.8 Å². The molecule has 0 saturated carbocycles. The van der Waals surface area contributed by atoms with Gasteiger partial charge in [0.15, 0.2) is 12.0 Å². The van der Waals surface area contributed by atoms with Gasteiger partial charge in [-0.1, -0.05) is 66.8 Å². The second-order valence-electron chi connectivity index (χ2n) is 23.6. The Morgan fingerprint density at radius 3 is 1.59 bits per heavy atom. The number of unbranched alkanes of at least 4 members (excludes halogenated alkanes) is 4. The molecule has 7 amide bonds. The van der Waals surface area contributed by atoms with E-state index in [4.69, 9.17) is 25.4 Å². The first-order valence-corrected chi connectivity index (χ1v) is 34.5. The lowest BCUT2D eigenvalue weighted by Gasteiger charge is -2.26. The van der Waals surface area contributed by atoms with E-state index in [1.807, 2.05) is 6.92 Å². The number of hydrogen-bond donors (Lipinski definition) is 21. The molecule has 0 heterocycles. The van der Waals surface area contributed by atoms with Gasteiger partial charge in [0, 0.05) is 81.5 Å². The SMILES string of the molecule is C[C@@H](Cc1ccc(O)cc1)C[C@H](C)C(=O)NNC(=O)OCCSSC[C@H](NC(=O)[C@@H](CCC(=O)NC[C@H](O)[C@@H](O)[C@H](O)[C@H](O)CO)NC(=O)[C@@H](CCC(=O)O)CC(=O)[C@@H](CCC(=O)NC[C@H](O)[C@@H](O)[C@H](O)[C@H](O)CO)NC(=O)[C@@H](CCC(=O)O)CC(=O)CCCCCCCN)OC=O. The number of Topliss-reactive ketones (excluding diaryl/α,β-unsaturated/α-hetero) is 2. The van der Waals surface area contributed by atoms with Crippen LogP contribution in [0.2, 0.25) is 0 Å². The summed E-state index contributed by atoms with van der Waals surface area (Å²) in [7, 11) is 2.04. The van der Waals surface area contributed by atoms with Gasteiger partial charge in [0.05, 0.1) is 37.2 Å². The number of amides is 7. The fourth-order valence-corrected chi connectivity index (χ4v) is 11.4. The van der Waals surface area contributed by atoms with Crippen molar-refractivity contribution in [3.8, 4) is 5.75 Å². The molecule has 1 aromatic carbocycles. The number of aliphatic carboxylic acids is 2. The summed E-state index contributed by atoms with van der Waals surface area (Å²) in [6.07, 6.45) is -20.6. The van der Waals surface area contributed by atoms with E-state index in [-0.39, 0.29) is 42.7 Å². The van der Waals surface area contributed by atoms with Gasteiger partial charge in [-0.25, -0.2) is 10.2 Å². The topological polar surface area (TPSA) is 597 Å². The zero-order chi connectivity index (χ0) is 73.9. The lowest BCUT2D eigenvalue weighted by atomic mass is 9.90. The molecule has 1 aromatic rings. The number of carbonyl (C=O) groups is 12. The second kappa shape index (κ2) is 50.4. The molecule has 0 saturated heterocycles. The molecule has 0 aliphatic heterocycles. The highest BCUT2D eigenvalue weighted by Crippen LogP contribution is 2.24. The van der Waals surface area contributed by atoms with Gasteiger partial charge in [0.2, 0.25) is 35.4 Å². The predicted molar refractivity (Wildman–Crippen MR) is 349 cm³/mol. The van der Waals surface area contributed by atoms with Crippen LogP contribution in [0.25, 0.3) is 0 Å². The van der Waals surface area contributed by atoms with Crippen LogP contribution in [0.15, 0.2) is 24.3 Å². The minimum atomic E-state index is -2.10. The summed E-state index contributed by atoms with van der Waals surface area (Å²) >= 11 is 0. The Balaban J connectivity index is 3.50. The molecule has 0 unspecified atom stereocenters. The van der Waals surface area contributed by atoms with Gasteiger partial charge in [-0.15, -0.1) is 0 Å². The maximum atomic E-state index is 14.5. The summed E-state index contributed by atoms with van der Waals surface area (Å²) in [5, 5.41) is 139. The quantitative estimate of drug-likeness (QED) is 0.00977. The number of hydrazine groups is 1. The van der Waals surface area contributed by atoms with Gasteiger partial charge in [-0.2, -0.15) is 0 Å². The van der Waals surface area contributed by atoms with Crippen molar-refractivity contribution in [3.63, 3.8) is 0 Å². The summed E-state index contributed by atoms with van der Waals surface area (Å²) in [4.78, 5) is 157. The molecular formula is C61H100N8O27S2. The molecule has 0 bridgehead atoms. The number of nitrogens with two attached hydrogens (primary N) is 1. The third kappa shape index (κ3) is 38.5. The number of ether oxygens (including phenoxy) is 2. The van der Waals surface area contributed by atoms with E-state index in [2.05, 4.69) is 37.4 Å². The Morgan fingerprint density at radius 1 is 0.571 bits per heavy atom. The number of aliphatic hydroxyl groups excluding tert-OH is 10. The number of aliphatic hydroxyl groups is 10. The van der Waals surface area contributed by atoms with Crippen LogP contribution >= 0.6 is 21.6 Å². The number of rotatable bonds is 55. The van der Waals surface area contributed by atoms with Crippen LogP contribution in [0, 0.1) is 23.7 Å².